The van der Waals surface area contributed by atoms with Crippen LogP contribution >= 0.6 is 0 Å². The topological polar surface area (TPSA) is 96.9 Å². The van der Waals surface area contributed by atoms with Crippen LogP contribution in [0.1, 0.15) is 16.1 Å². The average Bonchev–Trinajstić information content (AvgIpc) is 3.15. The molecule has 1 aliphatic heterocycles. The molecule has 0 N–H and O–H groups in total. The zero-order chi connectivity index (χ0) is 17.9. The van der Waals surface area contributed by atoms with E-state index >= 15 is 0 Å². The first-order valence-electron chi connectivity index (χ1n) is 8.03. The molecule has 1 fully saturated rings. The van der Waals surface area contributed by atoms with Gasteiger partial charge in [-0.15, -0.1) is 5.10 Å². The monoisotopic (exact) mass is 346 g/mol. The van der Waals surface area contributed by atoms with Crippen LogP contribution in [-0.2, 0) is 0 Å². The van der Waals surface area contributed by atoms with Crippen LogP contribution in [0.15, 0.2) is 54.9 Å². The van der Waals surface area contributed by atoms with Crippen LogP contribution in [0.5, 0.6) is 5.88 Å². The largest absolute Gasteiger partial charge is 0.471 e. The van der Waals surface area contributed by atoms with E-state index in [0.29, 0.717) is 30.2 Å². The zero-order valence-electron chi connectivity index (χ0n) is 13.7. The molecule has 3 aromatic rings. The van der Waals surface area contributed by atoms with Gasteiger partial charge in [0.25, 0.3) is 5.91 Å². The predicted molar refractivity (Wildman–Crippen MR) is 90.6 cm³/mol. The Kier molecular flexibility index (Phi) is 4.03. The summed E-state index contributed by atoms with van der Waals surface area (Å²) in [5, 5.41) is 17.1. The van der Waals surface area contributed by atoms with E-state index < -0.39 is 0 Å². The lowest BCUT2D eigenvalue weighted by atomic mass is 10.1. The molecule has 0 atom stereocenters. The van der Waals surface area contributed by atoms with Crippen molar-refractivity contribution in [1.82, 2.24) is 24.9 Å². The van der Waals surface area contributed by atoms with Crippen molar-refractivity contribution in [1.29, 1.82) is 5.26 Å². The number of hydrogen-bond donors (Lipinski definition) is 0. The third-order valence-corrected chi connectivity index (χ3v) is 3.99. The number of aromatic nitrogens is 4. The molecule has 2 aromatic heterocycles. The molecule has 1 aromatic carbocycles. The maximum atomic E-state index is 12.5. The van der Waals surface area contributed by atoms with Crippen LogP contribution < -0.4 is 4.74 Å². The summed E-state index contributed by atoms with van der Waals surface area (Å²) in [6.07, 6.45) is 2.80. The summed E-state index contributed by atoms with van der Waals surface area (Å²) in [6, 6.07) is 14.7. The van der Waals surface area contributed by atoms with Gasteiger partial charge in [0.05, 0.1) is 30.5 Å². The van der Waals surface area contributed by atoms with Crippen molar-refractivity contribution in [3.05, 3.63) is 66.1 Å². The first-order valence-corrected chi connectivity index (χ1v) is 8.03. The number of rotatable bonds is 4. The van der Waals surface area contributed by atoms with Crippen LogP contribution in [0.3, 0.4) is 0 Å². The van der Waals surface area contributed by atoms with Crippen molar-refractivity contribution in [3.8, 4) is 17.6 Å². The smallest absolute Gasteiger partial charge is 0.276 e. The first-order chi connectivity index (χ1) is 12.7. The van der Waals surface area contributed by atoms with Crippen LogP contribution in [0.4, 0.5) is 0 Å². The van der Waals surface area contributed by atoms with E-state index in [1.807, 2.05) is 36.4 Å². The molecule has 0 radical (unpaired) electrons. The Bertz CT molecular complexity index is 955. The maximum Gasteiger partial charge on any atom is 0.276 e. The summed E-state index contributed by atoms with van der Waals surface area (Å²) in [4.78, 5) is 19.6. The molecule has 1 aliphatic rings. The number of likely N-dealkylation sites (tertiary alicyclic amines) is 1. The highest BCUT2D eigenvalue weighted by Gasteiger charge is 2.34. The molecule has 0 aliphatic carbocycles. The molecule has 0 unspecified atom stereocenters. The summed E-state index contributed by atoms with van der Waals surface area (Å²) in [6.45, 7) is 0.914. The highest BCUT2D eigenvalue weighted by molar-refractivity contribution is 5.92. The van der Waals surface area contributed by atoms with E-state index in [9.17, 15) is 4.79 Å². The summed E-state index contributed by atoms with van der Waals surface area (Å²) in [7, 11) is 0. The lowest BCUT2D eigenvalue weighted by molar-refractivity contribution is 0.0155. The van der Waals surface area contributed by atoms with Crippen molar-refractivity contribution in [3.63, 3.8) is 0 Å². The van der Waals surface area contributed by atoms with E-state index in [4.69, 9.17) is 10.00 Å². The Morgan fingerprint density at radius 3 is 2.65 bits per heavy atom. The van der Waals surface area contributed by atoms with Gasteiger partial charge in [0, 0.05) is 12.3 Å². The number of pyridine rings is 1. The standard InChI is InChI=1S/C18H14N6O2/c19-8-13-6-7-17(20-9-13)26-15-11-23(12-15)18(25)16-10-21-24(22-16)14-4-2-1-3-5-14/h1-7,9-10,15H,11-12H2. The molecule has 0 spiro atoms. The number of benzene rings is 1. The van der Waals surface area contributed by atoms with Crippen LogP contribution in [0.25, 0.3) is 5.69 Å². The second kappa shape index (κ2) is 6.64. The van der Waals surface area contributed by atoms with E-state index in [1.54, 1.807) is 17.0 Å². The number of hydrogen-bond acceptors (Lipinski definition) is 6. The molecular weight excluding hydrogens is 332 g/mol. The van der Waals surface area contributed by atoms with Crippen LogP contribution in [0, 0.1) is 11.3 Å². The number of nitriles is 1. The van der Waals surface area contributed by atoms with Crippen LogP contribution in [0.2, 0.25) is 0 Å². The van der Waals surface area contributed by atoms with Crippen LogP contribution in [-0.4, -0.2) is 50.0 Å². The quantitative estimate of drug-likeness (QED) is 0.709. The van der Waals surface area contributed by atoms with Crippen molar-refractivity contribution >= 4 is 5.91 Å². The Morgan fingerprint density at radius 1 is 1.15 bits per heavy atom. The molecule has 3 heterocycles. The summed E-state index contributed by atoms with van der Waals surface area (Å²) < 4.78 is 5.68. The molecule has 0 bridgehead atoms. The van der Waals surface area contributed by atoms with Gasteiger partial charge in [-0.2, -0.15) is 15.2 Å². The fourth-order valence-corrected chi connectivity index (χ4v) is 2.57. The van der Waals surface area contributed by atoms with Gasteiger partial charge in [0.1, 0.15) is 12.2 Å². The van der Waals surface area contributed by atoms with Crippen molar-refractivity contribution in [2.24, 2.45) is 0 Å². The predicted octanol–water partition coefficient (Wildman–Crippen LogP) is 1.44. The van der Waals surface area contributed by atoms with Crippen molar-refractivity contribution < 1.29 is 9.53 Å². The fourth-order valence-electron chi connectivity index (χ4n) is 2.57. The minimum Gasteiger partial charge on any atom is -0.471 e. The molecule has 1 amide bonds. The van der Waals surface area contributed by atoms with Gasteiger partial charge in [0.2, 0.25) is 5.88 Å². The second-order valence-electron chi connectivity index (χ2n) is 5.80. The molecule has 1 saturated heterocycles. The minimum absolute atomic E-state index is 0.122. The number of nitrogens with zero attached hydrogens (tertiary/aromatic N) is 6. The number of para-hydroxylation sites is 1. The first kappa shape index (κ1) is 15.8. The third kappa shape index (κ3) is 3.10. The Hall–Kier alpha value is -3.73. The third-order valence-electron chi connectivity index (χ3n) is 3.99. The molecule has 8 heteroatoms. The van der Waals surface area contributed by atoms with E-state index in [-0.39, 0.29) is 12.0 Å². The second-order valence-corrected chi connectivity index (χ2v) is 5.80. The lowest BCUT2D eigenvalue weighted by Crippen LogP contribution is -2.56. The van der Waals surface area contributed by atoms with Gasteiger partial charge >= 0.3 is 0 Å². The fraction of sp³-hybridized carbons (Fsp3) is 0.167. The number of carbonyl (C=O) groups is 1. The molecule has 26 heavy (non-hydrogen) atoms. The van der Waals surface area contributed by atoms with Crippen molar-refractivity contribution in [2.45, 2.75) is 6.10 Å². The van der Waals surface area contributed by atoms with Crippen molar-refractivity contribution in [2.75, 3.05) is 13.1 Å². The molecular formula is C18H14N6O2. The van der Waals surface area contributed by atoms with Gasteiger partial charge < -0.3 is 9.64 Å². The SMILES string of the molecule is N#Cc1ccc(OC2CN(C(=O)c3cnn(-c4ccccc4)n3)C2)nc1. The zero-order valence-corrected chi connectivity index (χ0v) is 13.7. The normalized spacial score (nSPS) is 13.7. The van der Waals surface area contributed by atoms with E-state index in [2.05, 4.69) is 15.2 Å². The lowest BCUT2D eigenvalue weighted by Gasteiger charge is -2.38. The molecule has 4 rings (SSSR count). The maximum absolute atomic E-state index is 12.5. The number of amides is 1. The van der Waals surface area contributed by atoms with E-state index in [1.165, 1.54) is 17.2 Å². The molecule has 128 valence electrons. The molecule has 0 saturated carbocycles. The highest BCUT2D eigenvalue weighted by Crippen LogP contribution is 2.18. The Morgan fingerprint density at radius 2 is 1.96 bits per heavy atom. The molecule has 8 nitrogen and oxygen atoms in total. The van der Waals surface area contributed by atoms with Gasteiger partial charge in [0.15, 0.2) is 5.69 Å². The summed E-state index contributed by atoms with van der Waals surface area (Å²) in [5.74, 6) is 0.260. The Labute approximate surface area is 149 Å². The number of ether oxygens (including phenoxy) is 1. The van der Waals surface area contributed by atoms with Gasteiger partial charge in [-0.1, -0.05) is 18.2 Å². The minimum atomic E-state index is -0.181. The average molecular weight is 346 g/mol. The van der Waals surface area contributed by atoms with Gasteiger partial charge in [-0.05, 0) is 18.2 Å². The Balaban J connectivity index is 1.34. The van der Waals surface area contributed by atoms with Gasteiger partial charge in [-0.25, -0.2) is 4.98 Å². The highest BCUT2D eigenvalue weighted by atomic mass is 16.5. The number of carbonyl (C=O) groups excluding carboxylic acids is 1. The van der Waals surface area contributed by atoms with E-state index in [0.717, 1.165) is 5.69 Å². The summed E-state index contributed by atoms with van der Waals surface area (Å²) >= 11 is 0. The summed E-state index contributed by atoms with van der Waals surface area (Å²) in [5.41, 5.74) is 1.57. The van der Waals surface area contributed by atoms with Gasteiger partial charge in [-0.3, -0.25) is 4.79 Å².